The van der Waals surface area contributed by atoms with Gasteiger partial charge >= 0.3 is 0 Å². The number of benzene rings is 1. The van der Waals surface area contributed by atoms with Crippen molar-refractivity contribution < 1.29 is 4.74 Å². The number of methoxy groups -OCH3 is 1. The molecule has 0 atom stereocenters. The maximum absolute atomic E-state index is 5.18. The van der Waals surface area contributed by atoms with Crippen LogP contribution in [0.5, 0.6) is 5.75 Å². The average Bonchev–Trinajstić information content (AvgIpc) is 2.82. The van der Waals surface area contributed by atoms with Crippen LogP contribution in [-0.4, -0.2) is 17.1 Å². The number of aromatic amines is 1. The number of aromatic nitrogens is 2. The van der Waals surface area contributed by atoms with Gasteiger partial charge in [-0.15, -0.1) is 0 Å². The van der Waals surface area contributed by atoms with Crippen molar-refractivity contribution in [2.24, 2.45) is 0 Å². The van der Waals surface area contributed by atoms with Crippen LogP contribution >= 0.6 is 15.9 Å². The lowest BCUT2D eigenvalue weighted by atomic mass is 10.2. The van der Waals surface area contributed by atoms with Crippen LogP contribution in [0.2, 0.25) is 0 Å². The van der Waals surface area contributed by atoms with Crippen LogP contribution < -0.4 is 10.1 Å². The number of rotatable bonds is 5. The number of halogens is 1. The Hall–Kier alpha value is -1.33. The molecule has 0 spiro atoms. The highest BCUT2D eigenvalue weighted by molar-refractivity contribution is 9.10. The minimum atomic E-state index is 0.781. The largest absolute Gasteiger partial charge is 0.496 e. The quantitative estimate of drug-likeness (QED) is 0.891. The van der Waals surface area contributed by atoms with E-state index in [1.807, 2.05) is 18.3 Å². The lowest BCUT2D eigenvalue weighted by molar-refractivity contribution is 0.412. The molecule has 2 rings (SSSR count). The molecule has 0 aliphatic heterocycles. The number of hydrogen-bond acceptors (Lipinski definition) is 3. The van der Waals surface area contributed by atoms with Crippen molar-refractivity contribution in [3.05, 3.63) is 46.5 Å². The molecule has 0 aliphatic carbocycles. The molecule has 0 saturated carbocycles. The van der Waals surface area contributed by atoms with Gasteiger partial charge < -0.3 is 15.0 Å². The Morgan fingerprint density at radius 3 is 2.94 bits per heavy atom. The third kappa shape index (κ3) is 3.31. The van der Waals surface area contributed by atoms with Crippen LogP contribution in [0.3, 0.4) is 0 Å². The van der Waals surface area contributed by atoms with Gasteiger partial charge in [-0.05, 0) is 33.6 Å². The Labute approximate surface area is 109 Å². The molecule has 17 heavy (non-hydrogen) atoms. The van der Waals surface area contributed by atoms with E-state index in [9.17, 15) is 0 Å². The monoisotopic (exact) mass is 295 g/mol. The molecule has 1 heterocycles. The highest BCUT2D eigenvalue weighted by Crippen LogP contribution is 2.25. The summed E-state index contributed by atoms with van der Waals surface area (Å²) >= 11 is 3.47. The van der Waals surface area contributed by atoms with E-state index in [4.69, 9.17) is 4.74 Å². The first-order valence-electron chi connectivity index (χ1n) is 5.30. The molecule has 5 heteroatoms. The summed E-state index contributed by atoms with van der Waals surface area (Å²) in [6.07, 6.45) is 3.50. The van der Waals surface area contributed by atoms with Crippen molar-refractivity contribution in [3.8, 4) is 5.75 Å². The zero-order chi connectivity index (χ0) is 12.1. The van der Waals surface area contributed by atoms with Gasteiger partial charge in [-0.2, -0.15) is 0 Å². The molecule has 90 valence electrons. The second kappa shape index (κ2) is 5.84. The summed E-state index contributed by atoms with van der Waals surface area (Å²) in [4.78, 5) is 7.02. The molecule has 1 aromatic carbocycles. The number of nitrogens with zero attached hydrogens (tertiary/aromatic N) is 1. The molecular weight excluding hydrogens is 282 g/mol. The zero-order valence-corrected chi connectivity index (χ0v) is 11.1. The van der Waals surface area contributed by atoms with E-state index in [2.05, 4.69) is 37.3 Å². The molecule has 1 aromatic heterocycles. The Morgan fingerprint density at radius 2 is 2.29 bits per heavy atom. The summed E-state index contributed by atoms with van der Waals surface area (Å²) in [5.74, 6) is 0.849. The fraction of sp³-hybridized carbons (Fsp3) is 0.250. The van der Waals surface area contributed by atoms with E-state index >= 15 is 0 Å². The summed E-state index contributed by atoms with van der Waals surface area (Å²) < 4.78 is 6.16. The summed E-state index contributed by atoms with van der Waals surface area (Å²) in [5.41, 5.74) is 2.29. The topological polar surface area (TPSA) is 49.9 Å². The zero-order valence-electron chi connectivity index (χ0n) is 9.53. The highest BCUT2D eigenvalue weighted by atomic mass is 79.9. The standard InChI is InChI=1S/C12H14BrN3O/c1-17-12-3-2-9(4-11(12)13)5-14-6-10-7-15-8-16-10/h2-4,7-8,14H,5-6H2,1H3,(H,15,16). The summed E-state index contributed by atoms with van der Waals surface area (Å²) in [6.45, 7) is 1.59. The Bertz CT molecular complexity index is 471. The van der Waals surface area contributed by atoms with E-state index in [1.54, 1.807) is 13.4 Å². The lowest BCUT2D eigenvalue weighted by Gasteiger charge is -2.07. The Balaban J connectivity index is 1.89. The molecule has 0 saturated heterocycles. The fourth-order valence-corrected chi connectivity index (χ4v) is 2.13. The van der Waals surface area contributed by atoms with Gasteiger partial charge in [0.05, 0.1) is 17.9 Å². The maximum atomic E-state index is 5.18. The molecule has 0 unspecified atom stereocenters. The third-order valence-electron chi connectivity index (χ3n) is 2.42. The van der Waals surface area contributed by atoms with Crippen molar-refractivity contribution in [1.82, 2.24) is 15.3 Å². The fourth-order valence-electron chi connectivity index (χ4n) is 1.54. The SMILES string of the molecule is COc1ccc(CNCc2cnc[nH]2)cc1Br. The first-order valence-corrected chi connectivity index (χ1v) is 6.09. The van der Waals surface area contributed by atoms with Crippen molar-refractivity contribution in [2.45, 2.75) is 13.1 Å². The van der Waals surface area contributed by atoms with Crippen LogP contribution in [-0.2, 0) is 13.1 Å². The predicted molar refractivity (Wildman–Crippen MR) is 69.8 cm³/mol. The van der Waals surface area contributed by atoms with Crippen LogP contribution in [0.15, 0.2) is 35.2 Å². The summed E-state index contributed by atoms with van der Waals surface area (Å²) in [5, 5.41) is 3.34. The van der Waals surface area contributed by atoms with E-state index in [0.717, 1.165) is 29.0 Å². The smallest absolute Gasteiger partial charge is 0.133 e. The summed E-state index contributed by atoms with van der Waals surface area (Å²) in [7, 11) is 1.66. The van der Waals surface area contributed by atoms with Crippen LogP contribution in [0, 0.1) is 0 Å². The number of imidazole rings is 1. The number of hydrogen-bond donors (Lipinski definition) is 2. The van der Waals surface area contributed by atoms with Crippen molar-refractivity contribution in [3.63, 3.8) is 0 Å². The minimum Gasteiger partial charge on any atom is -0.496 e. The van der Waals surface area contributed by atoms with E-state index in [1.165, 1.54) is 5.56 Å². The molecule has 4 nitrogen and oxygen atoms in total. The van der Waals surface area contributed by atoms with Crippen molar-refractivity contribution in [2.75, 3.05) is 7.11 Å². The predicted octanol–water partition coefficient (Wildman–Crippen LogP) is 2.47. The van der Waals surface area contributed by atoms with Gasteiger partial charge in [-0.1, -0.05) is 6.07 Å². The maximum Gasteiger partial charge on any atom is 0.133 e. The third-order valence-corrected chi connectivity index (χ3v) is 3.04. The second-order valence-corrected chi connectivity index (χ2v) is 4.50. The number of nitrogens with one attached hydrogen (secondary N) is 2. The lowest BCUT2D eigenvalue weighted by Crippen LogP contribution is -2.12. The molecule has 0 amide bonds. The van der Waals surface area contributed by atoms with Crippen LogP contribution in [0.4, 0.5) is 0 Å². The van der Waals surface area contributed by atoms with Gasteiger partial charge in [0.25, 0.3) is 0 Å². The Kier molecular flexibility index (Phi) is 4.17. The van der Waals surface area contributed by atoms with Crippen LogP contribution in [0.1, 0.15) is 11.3 Å². The number of H-pyrrole nitrogens is 1. The van der Waals surface area contributed by atoms with Gasteiger partial charge in [0, 0.05) is 25.0 Å². The van der Waals surface area contributed by atoms with Crippen molar-refractivity contribution in [1.29, 1.82) is 0 Å². The van der Waals surface area contributed by atoms with E-state index in [-0.39, 0.29) is 0 Å². The van der Waals surface area contributed by atoms with E-state index in [0.29, 0.717) is 0 Å². The Morgan fingerprint density at radius 1 is 1.41 bits per heavy atom. The van der Waals surface area contributed by atoms with Crippen molar-refractivity contribution >= 4 is 15.9 Å². The van der Waals surface area contributed by atoms with Gasteiger partial charge in [0.2, 0.25) is 0 Å². The molecule has 2 aromatic rings. The number of ether oxygens (including phenoxy) is 1. The van der Waals surface area contributed by atoms with Gasteiger partial charge in [0.1, 0.15) is 5.75 Å². The first-order chi connectivity index (χ1) is 8.29. The summed E-state index contributed by atoms with van der Waals surface area (Å²) in [6, 6.07) is 6.06. The molecule has 0 aliphatic rings. The normalized spacial score (nSPS) is 10.5. The van der Waals surface area contributed by atoms with Gasteiger partial charge in [-0.25, -0.2) is 4.98 Å². The van der Waals surface area contributed by atoms with E-state index < -0.39 is 0 Å². The molecular formula is C12H14BrN3O. The molecule has 0 fully saturated rings. The van der Waals surface area contributed by atoms with Gasteiger partial charge in [0.15, 0.2) is 0 Å². The minimum absolute atomic E-state index is 0.781. The van der Waals surface area contributed by atoms with Crippen LogP contribution in [0.25, 0.3) is 0 Å². The molecule has 0 radical (unpaired) electrons. The molecule has 2 N–H and O–H groups in total. The first kappa shape index (κ1) is 12.1. The molecule has 0 bridgehead atoms. The highest BCUT2D eigenvalue weighted by Gasteiger charge is 2.01. The van der Waals surface area contributed by atoms with Gasteiger partial charge in [-0.3, -0.25) is 0 Å². The second-order valence-electron chi connectivity index (χ2n) is 3.65. The average molecular weight is 296 g/mol.